The number of amides is 1. The number of unbranched alkanes of at least 4 members (excludes halogenated alkanes) is 1. The molecule has 2 fully saturated rings. The highest BCUT2D eigenvalue weighted by molar-refractivity contribution is 5.78. The molecule has 1 amide bonds. The van der Waals surface area contributed by atoms with Crippen molar-refractivity contribution in [2.75, 3.05) is 13.1 Å². The lowest BCUT2D eigenvalue weighted by Crippen LogP contribution is -2.41. The quantitative estimate of drug-likeness (QED) is 0.814. The molecule has 2 saturated heterocycles. The molecule has 0 spiro atoms. The normalized spacial score (nSPS) is 30.1. The minimum atomic E-state index is 0.214. The molecule has 1 N–H and O–H groups in total. The van der Waals surface area contributed by atoms with E-state index in [-0.39, 0.29) is 5.92 Å². The summed E-state index contributed by atoms with van der Waals surface area (Å²) in [6, 6.07) is 1.23. The van der Waals surface area contributed by atoms with Crippen LogP contribution in [0.25, 0.3) is 0 Å². The molecule has 2 aliphatic rings. The first-order chi connectivity index (χ1) is 8.20. The van der Waals surface area contributed by atoms with Crippen LogP contribution in [0.4, 0.5) is 0 Å². The van der Waals surface area contributed by atoms with E-state index in [1.165, 1.54) is 25.7 Å². The van der Waals surface area contributed by atoms with Gasteiger partial charge in [0.1, 0.15) is 0 Å². The van der Waals surface area contributed by atoms with Crippen LogP contribution in [0.1, 0.15) is 52.4 Å². The standard InChI is InChI=1S/C14H26N2O/c1-3-4-5-11(2)14(17)16-9-8-12-6-7-13(10-16)15-12/h11-13,15H,3-10H2,1-2H3. The van der Waals surface area contributed by atoms with Crippen molar-refractivity contribution < 1.29 is 4.79 Å². The summed E-state index contributed by atoms with van der Waals surface area (Å²) in [4.78, 5) is 14.4. The molecule has 2 aliphatic heterocycles. The molecule has 3 unspecified atom stereocenters. The number of hydrogen-bond acceptors (Lipinski definition) is 2. The molecule has 0 aromatic rings. The molecule has 3 nitrogen and oxygen atoms in total. The van der Waals surface area contributed by atoms with Crippen molar-refractivity contribution >= 4 is 5.91 Å². The van der Waals surface area contributed by atoms with Crippen molar-refractivity contribution in [3.8, 4) is 0 Å². The molecule has 0 aliphatic carbocycles. The molecule has 98 valence electrons. The van der Waals surface area contributed by atoms with Crippen LogP contribution in [-0.2, 0) is 4.79 Å². The van der Waals surface area contributed by atoms with Crippen molar-refractivity contribution in [1.82, 2.24) is 10.2 Å². The molecule has 3 heteroatoms. The Morgan fingerprint density at radius 1 is 1.35 bits per heavy atom. The van der Waals surface area contributed by atoms with Crippen LogP contribution in [0, 0.1) is 5.92 Å². The van der Waals surface area contributed by atoms with Gasteiger partial charge in [0.15, 0.2) is 0 Å². The predicted molar refractivity (Wildman–Crippen MR) is 69.8 cm³/mol. The summed E-state index contributed by atoms with van der Waals surface area (Å²) in [6.45, 7) is 6.18. The third kappa shape index (κ3) is 3.21. The number of hydrogen-bond donors (Lipinski definition) is 1. The summed E-state index contributed by atoms with van der Waals surface area (Å²) in [5.74, 6) is 0.597. The average molecular weight is 238 g/mol. The number of carbonyl (C=O) groups excluding carboxylic acids is 1. The second-order valence-electron chi connectivity index (χ2n) is 5.75. The Kier molecular flexibility index (Phi) is 4.43. The first-order valence-corrected chi connectivity index (χ1v) is 7.25. The molecule has 3 atom stereocenters. The highest BCUT2D eigenvalue weighted by atomic mass is 16.2. The summed E-state index contributed by atoms with van der Waals surface area (Å²) >= 11 is 0. The lowest BCUT2D eigenvalue weighted by atomic mass is 10.0. The summed E-state index contributed by atoms with van der Waals surface area (Å²) < 4.78 is 0. The van der Waals surface area contributed by atoms with Gasteiger partial charge in [0.05, 0.1) is 0 Å². The second kappa shape index (κ2) is 5.85. The van der Waals surface area contributed by atoms with Gasteiger partial charge < -0.3 is 10.2 Å². The van der Waals surface area contributed by atoms with E-state index in [2.05, 4.69) is 24.1 Å². The van der Waals surface area contributed by atoms with Crippen LogP contribution in [0.2, 0.25) is 0 Å². The maximum atomic E-state index is 12.3. The fourth-order valence-electron chi connectivity index (χ4n) is 3.09. The van der Waals surface area contributed by atoms with Crippen molar-refractivity contribution in [2.45, 2.75) is 64.5 Å². The van der Waals surface area contributed by atoms with Crippen LogP contribution < -0.4 is 5.32 Å². The number of nitrogens with one attached hydrogen (secondary N) is 1. The van der Waals surface area contributed by atoms with Gasteiger partial charge in [-0.1, -0.05) is 26.7 Å². The molecular formula is C14H26N2O. The minimum absolute atomic E-state index is 0.214. The lowest BCUT2D eigenvalue weighted by Gasteiger charge is -2.27. The van der Waals surface area contributed by atoms with Crippen LogP contribution in [0.3, 0.4) is 0 Å². The molecule has 2 bridgehead atoms. The van der Waals surface area contributed by atoms with E-state index in [9.17, 15) is 4.79 Å². The average Bonchev–Trinajstić information content (AvgIpc) is 2.65. The Hall–Kier alpha value is -0.570. The van der Waals surface area contributed by atoms with Gasteiger partial charge in [0.2, 0.25) is 5.91 Å². The second-order valence-corrected chi connectivity index (χ2v) is 5.75. The Morgan fingerprint density at radius 2 is 2.12 bits per heavy atom. The zero-order chi connectivity index (χ0) is 12.3. The third-order valence-electron chi connectivity index (χ3n) is 4.25. The van der Waals surface area contributed by atoms with Crippen molar-refractivity contribution in [3.05, 3.63) is 0 Å². The molecule has 17 heavy (non-hydrogen) atoms. The van der Waals surface area contributed by atoms with Crippen molar-refractivity contribution in [3.63, 3.8) is 0 Å². The summed E-state index contributed by atoms with van der Waals surface area (Å²) in [5.41, 5.74) is 0. The van der Waals surface area contributed by atoms with Crippen LogP contribution in [-0.4, -0.2) is 36.0 Å². The Balaban J connectivity index is 1.86. The topological polar surface area (TPSA) is 32.3 Å². The predicted octanol–water partition coefficient (Wildman–Crippen LogP) is 2.17. The Bertz CT molecular complexity index is 267. The first kappa shape index (κ1) is 12.9. The summed E-state index contributed by atoms with van der Waals surface area (Å²) in [6.07, 6.45) is 7.10. The van der Waals surface area contributed by atoms with E-state index in [1.807, 2.05) is 0 Å². The fourth-order valence-corrected chi connectivity index (χ4v) is 3.09. The summed E-state index contributed by atoms with van der Waals surface area (Å²) in [5, 5.41) is 3.63. The van der Waals surface area contributed by atoms with E-state index in [0.717, 1.165) is 25.9 Å². The van der Waals surface area contributed by atoms with Gasteiger partial charge in [-0.25, -0.2) is 0 Å². The zero-order valence-corrected chi connectivity index (χ0v) is 11.2. The maximum Gasteiger partial charge on any atom is 0.225 e. The monoisotopic (exact) mass is 238 g/mol. The first-order valence-electron chi connectivity index (χ1n) is 7.25. The van der Waals surface area contributed by atoms with E-state index < -0.39 is 0 Å². The van der Waals surface area contributed by atoms with Crippen molar-refractivity contribution in [2.24, 2.45) is 5.92 Å². The molecule has 0 aromatic heterocycles. The molecular weight excluding hydrogens is 212 g/mol. The van der Waals surface area contributed by atoms with Gasteiger partial charge >= 0.3 is 0 Å². The molecule has 2 rings (SSSR count). The van der Waals surface area contributed by atoms with Crippen LogP contribution in [0.5, 0.6) is 0 Å². The van der Waals surface area contributed by atoms with Crippen molar-refractivity contribution in [1.29, 1.82) is 0 Å². The maximum absolute atomic E-state index is 12.3. The summed E-state index contributed by atoms with van der Waals surface area (Å²) in [7, 11) is 0. The van der Waals surface area contributed by atoms with Gasteiger partial charge in [-0.05, 0) is 25.7 Å². The fraction of sp³-hybridized carbons (Fsp3) is 0.929. The molecule has 2 heterocycles. The van der Waals surface area contributed by atoms with Crippen LogP contribution in [0.15, 0.2) is 0 Å². The Labute approximate surface area is 105 Å². The number of nitrogens with zero attached hydrogens (tertiary/aromatic N) is 1. The SMILES string of the molecule is CCCCC(C)C(=O)N1CCC2CCC(C1)N2. The number of carbonyl (C=O) groups is 1. The van der Waals surface area contributed by atoms with Gasteiger partial charge in [0.25, 0.3) is 0 Å². The van der Waals surface area contributed by atoms with E-state index >= 15 is 0 Å². The van der Waals surface area contributed by atoms with E-state index in [4.69, 9.17) is 0 Å². The van der Waals surface area contributed by atoms with E-state index in [1.54, 1.807) is 0 Å². The molecule has 0 aromatic carbocycles. The number of rotatable bonds is 4. The molecule has 0 radical (unpaired) electrons. The highest BCUT2D eigenvalue weighted by Crippen LogP contribution is 2.22. The number of fused-ring (bicyclic) bond motifs is 2. The van der Waals surface area contributed by atoms with Crippen LogP contribution >= 0.6 is 0 Å². The van der Waals surface area contributed by atoms with Gasteiger partial charge in [-0.3, -0.25) is 4.79 Å². The van der Waals surface area contributed by atoms with Gasteiger partial charge in [-0.15, -0.1) is 0 Å². The minimum Gasteiger partial charge on any atom is -0.341 e. The van der Waals surface area contributed by atoms with Gasteiger partial charge in [-0.2, -0.15) is 0 Å². The van der Waals surface area contributed by atoms with E-state index in [0.29, 0.717) is 18.0 Å². The smallest absolute Gasteiger partial charge is 0.225 e. The highest BCUT2D eigenvalue weighted by Gasteiger charge is 2.32. The Morgan fingerprint density at radius 3 is 2.88 bits per heavy atom. The zero-order valence-electron chi connectivity index (χ0n) is 11.2. The molecule has 0 saturated carbocycles. The lowest BCUT2D eigenvalue weighted by molar-refractivity contribution is -0.135. The van der Waals surface area contributed by atoms with Gasteiger partial charge in [0, 0.05) is 31.1 Å². The largest absolute Gasteiger partial charge is 0.341 e. The number of likely N-dealkylation sites (tertiary alicyclic amines) is 1. The third-order valence-corrected chi connectivity index (χ3v) is 4.25.